The van der Waals surface area contributed by atoms with Crippen LogP contribution in [0.1, 0.15) is 41.5 Å². The number of methoxy groups -OCH3 is 1. The summed E-state index contributed by atoms with van der Waals surface area (Å²) in [5, 5.41) is 11.7. The highest BCUT2D eigenvalue weighted by atomic mass is 16.5. The number of hydrogen-bond donors (Lipinski definition) is 2. The third kappa shape index (κ3) is 3.48. The minimum atomic E-state index is -0.175. The highest BCUT2D eigenvalue weighted by Gasteiger charge is 2.31. The number of carbonyl (C=O) groups excluding carboxylic acids is 1. The molecule has 1 amide bonds. The number of carbonyl (C=O) groups is 1. The third-order valence-electron chi connectivity index (χ3n) is 5.66. The van der Waals surface area contributed by atoms with Gasteiger partial charge in [-0.15, -0.1) is 0 Å². The summed E-state index contributed by atoms with van der Waals surface area (Å²) in [6.45, 7) is 0.632. The van der Waals surface area contributed by atoms with Crippen molar-refractivity contribution in [1.82, 2.24) is 25.2 Å². The molecule has 9 heteroatoms. The number of piperidine rings is 1. The van der Waals surface area contributed by atoms with Crippen LogP contribution in [0.3, 0.4) is 0 Å². The molecular weight excluding hydrogens is 396 g/mol. The van der Waals surface area contributed by atoms with Gasteiger partial charge in [0.1, 0.15) is 11.6 Å². The second kappa shape index (κ2) is 7.75. The molecule has 1 aromatic carbocycles. The molecule has 0 spiro atoms. The molecule has 1 saturated heterocycles. The van der Waals surface area contributed by atoms with Crippen molar-refractivity contribution in [2.24, 2.45) is 0 Å². The van der Waals surface area contributed by atoms with Crippen LogP contribution in [0.15, 0.2) is 47.0 Å². The number of nitrogen functional groups attached to an aromatic ring is 1. The number of aromatic amines is 1. The van der Waals surface area contributed by atoms with Crippen LogP contribution in [0.5, 0.6) is 5.75 Å². The first-order valence-electron chi connectivity index (χ1n) is 10.2. The Morgan fingerprint density at radius 3 is 3.03 bits per heavy atom. The zero-order chi connectivity index (χ0) is 21.4. The normalized spacial score (nSPS) is 16.5. The minimum Gasteiger partial charge on any atom is -0.497 e. The highest BCUT2D eigenvalue weighted by molar-refractivity contribution is 5.93. The van der Waals surface area contributed by atoms with E-state index in [9.17, 15) is 4.79 Å². The van der Waals surface area contributed by atoms with Gasteiger partial charge in [-0.1, -0.05) is 17.3 Å². The lowest BCUT2D eigenvalue weighted by Gasteiger charge is -2.34. The number of ether oxygens (including phenoxy) is 1. The molecule has 3 N–H and O–H groups in total. The summed E-state index contributed by atoms with van der Waals surface area (Å²) in [6.07, 6.45) is 2.77. The van der Waals surface area contributed by atoms with E-state index in [-0.39, 0.29) is 17.6 Å². The van der Waals surface area contributed by atoms with Crippen molar-refractivity contribution in [2.45, 2.75) is 25.3 Å². The maximum atomic E-state index is 13.3. The summed E-state index contributed by atoms with van der Waals surface area (Å²) in [7, 11) is 1.60. The van der Waals surface area contributed by atoms with Gasteiger partial charge in [-0.05, 0) is 43.5 Å². The fraction of sp³-hybridized carbons (Fsp3) is 0.273. The number of fused-ring (bicyclic) bond motifs is 1. The number of nitrogens with zero attached hydrogens (tertiary/aromatic N) is 4. The number of nitrogens with one attached hydrogen (secondary N) is 1. The Balaban J connectivity index is 1.43. The number of hydrogen-bond acceptors (Lipinski definition) is 7. The Morgan fingerprint density at radius 1 is 1.26 bits per heavy atom. The fourth-order valence-corrected chi connectivity index (χ4v) is 4.04. The van der Waals surface area contributed by atoms with Crippen LogP contribution in [-0.4, -0.2) is 44.8 Å². The van der Waals surface area contributed by atoms with Crippen molar-refractivity contribution < 1.29 is 14.1 Å². The Morgan fingerprint density at radius 2 is 2.16 bits per heavy atom. The molecule has 0 radical (unpaired) electrons. The van der Waals surface area contributed by atoms with Gasteiger partial charge in [0.15, 0.2) is 17.1 Å². The number of nitrogens with two attached hydrogens (primary N) is 1. The number of H-pyrrole nitrogens is 1. The predicted octanol–water partition coefficient (Wildman–Crippen LogP) is 3.57. The first kappa shape index (κ1) is 19.1. The van der Waals surface area contributed by atoms with E-state index in [1.165, 1.54) is 0 Å². The predicted molar refractivity (Wildman–Crippen MR) is 114 cm³/mol. The van der Waals surface area contributed by atoms with E-state index in [0.717, 1.165) is 35.9 Å². The number of aromatic nitrogens is 4. The molecule has 1 atom stereocenters. The molecule has 9 nitrogen and oxygen atoms in total. The highest BCUT2D eigenvalue weighted by Crippen LogP contribution is 2.33. The standard InChI is InChI=1S/C22H22N6O3/c1-30-14-6-4-5-13(11-14)19-12-17(27-31-19)22(29)28-10-3-2-7-18(28)16-9-8-15-20(23)25-26-21(15)24-16/h4-6,8-9,11-12,18H,2-3,7,10H2,1H3,(H3,23,24,25,26). The summed E-state index contributed by atoms with van der Waals surface area (Å²) in [5.74, 6) is 1.53. The van der Waals surface area contributed by atoms with Crippen LogP contribution in [0, 0.1) is 0 Å². The molecule has 4 aromatic rings. The van der Waals surface area contributed by atoms with Gasteiger partial charge in [0.25, 0.3) is 5.91 Å². The van der Waals surface area contributed by atoms with Crippen molar-refractivity contribution in [3.63, 3.8) is 0 Å². The Hall–Kier alpha value is -3.88. The quantitative estimate of drug-likeness (QED) is 0.519. The zero-order valence-corrected chi connectivity index (χ0v) is 17.0. The van der Waals surface area contributed by atoms with Gasteiger partial charge < -0.3 is 19.9 Å². The molecule has 158 valence electrons. The first-order chi connectivity index (χ1) is 15.1. The second-order valence-corrected chi connectivity index (χ2v) is 7.56. The monoisotopic (exact) mass is 418 g/mol. The van der Waals surface area contributed by atoms with Gasteiger partial charge >= 0.3 is 0 Å². The minimum absolute atomic E-state index is 0.152. The summed E-state index contributed by atoms with van der Waals surface area (Å²) in [6, 6.07) is 12.8. The number of pyridine rings is 1. The molecule has 1 aliphatic heterocycles. The summed E-state index contributed by atoms with van der Waals surface area (Å²) >= 11 is 0. The van der Waals surface area contributed by atoms with Gasteiger partial charge in [-0.25, -0.2) is 4.98 Å². The van der Waals surface area contributed by atoms with Crippen molar-refractivity contribution in [3.8, 4) is 17.1 Å². The Labute approximate surface area is 178 Å². The van der Waals surface area contributed by atoms with Crippen molar-refractivity contribution in [1.29, 1.82) is 0 Å². The molecule has 1 fully saturated rings. The molecule has 4 heterocycles. The fourth-order valence-electron chi connectivity index (χ4n) is 4.04. The average molecular weight is 418 g/mol. The lowest BCUT2D eigenvalue weighted by Crippen LogP contribution is -2.39. The largest absolute Gasteiger partial charge is 0.497 e. The molecule has 0 aliphatic carbocycles. The van der Waals surface area contributed by atoms with Gasteiger partial charge in [-0.3, -0.25) is 9.89 Å². The first-order valence-corrected chi connectivity index (χ1v) is 10.2. The molecular formula is C22H22N6O3. The van der Waals surface area contributed by atoms with Crippen LogP contribution < -0.4 is 10.5 Å². The lowest BCUT2D eigenvalue weighted by atomic mass is 9.98. The van der Waals surface area contributed by atoms with Gasteiger partial charge in [0.05, 0.1) is 24.2 Å². The van der Waals surface area contributed by atoms with E-state index >= 15 is 0 Å². The molecule has 1 aliphatic rings. The average Bonchev–Trinajstić information content (AvgIpc) is 3.46. The van der Waals surface area contributed by atoms with Gasteiger partial charge in [0, 0.05) is 18.2 Å². The van der Waals surface area contributed by atoms with E-state index in [0.29, 0.717) is 29.5 Å². The zero-order valence-electron chi connectivity index (χ0n) is 17.0. The van der Waals surface area contributed by atoms with Crippen LogP contribution in [0.4, 0.5) is 5.82 Å². The number of benzene rings is 1. The van der Waals surface area contributed by atoms with Crippen molar-refractivity contribution >= 4 is 22.8 Å². The van der Waals surface area contributed by atoms with E-state index < -0.39 is 0 Å². The molecule has 3 aromatic heterocycles. The topological polar surface area (TPSA) is 123 Å². The van der Waals surface area contributed by atoms with Crippen molar-refractivity contribution in [3.05, 3.63) is 53.9 Å². The summed E-state index contributed by atoms with van der Waals surface area (Å²) < 4.78 is 10.7. The van der Waals surface area contributed by atoms with E-state index in [4.69, 9.17) is 15.0 Å². The molecule has 1 unspecified atom stereocenters. The smallest absolute Gasteiger partial charge is 0.276 e. The number of likely N-dealkylation sites (tertiary alicyclic amines) is 1. The van der Waals surface area contributed by atoms with Gasteiger partial charge in [-0.2, -0.15) is 5.10 Å². The third-order valence-corrected chi connectivity index (χ3v) is 5.66. The summed E-state index contributed by atoms with van der Waals surface area (Å²) in [5.41, 5.74) is 8.29. The van der Waals surface area contributed by atoms with Crippen LogP contribution in [0.25, 0.3) is 22.4 Å². The number of amides is 1. The molecule has 5 rings (SSSR count). The Kier molecular flexibility index (Phi) is 4.78. The maximum Gasteiger partial charge on any atom is 0.276 e. The van der Waals surface area contributed by atoms with Crippen LogP contribution >= 0.6 is 0 Å². The maximum absolute atomic E-state index is 13.3. The molecule has 0 saturated carbocycles. The molecule has 31 heavy (non-hydrogen) atoms. The lowest BCUT2D eigenvalue weighted by molar-refractivity contribution is 0.0596. The van der Waals surface area contributed by atoms with Crippen LogP contribution in [0.2, 0.25) is 0 Å². The van der Waals surface area contributed by atoms with E-state index in [1.807, 2.05) is 41.3 Å². The van der Waals surface area contributed by atoms with Crippen LogP contribution in [-0.2, 0) is 0 Å². The van der Waals surface area contributed by atoms with Gasteiger partial charge in [0.2, 0.25) is 0 Å². The van der Waals surface area contributed by atoms with E-state index in [1.54, 1.807) is 13.2 Å². The molecule has 0 bridgehead atoms. The van der Waals surface area contributed by atoms with Crippen molar-refractivity contribution in [2.75, 3.05) is 19.4 Å². The summed E-state index contributed by atoms with van der Waals surface area (Å²) in [4.78, 5) is 19.8. The Bertz CT molecular complexity index is 1250. The SMILES string of the molecule is COc1cccc(-c2cc(C(=O)N3CCCCC3c3ccc4c(N)[nH]nc4n3)no2)c1. The number of anilines is 1. The second-order valence-electron chi connectivity index (χ2n) is 7.56. The van der Waals surface area contributed by atoms with E-state index in [2.05, 4.69) is 20.3 Å². The number of rotatable bonds is 4.